The van der Waals surface area contributed by atoms with Crippen LogP contribution < -0.4 is 34.0 Å². The summed E-state index contributed by atoms with van der Waals surface area (Å²) >= 11 is 0. The first kappa shape index (κ1) is 27.2. The summed E-state index contributed by atoms with van der Waals surface area (Å²) in [4.78, 5) is 0. The maximum Gasteiger partial charge on any atom is 0.117 e. The molecular weight excluding hydrogens is 240 g/mol. The van der Waals surface area contributed by atoms with Crippen molar-refractivity contribution in [3.63, 3.8) is 0 Å². The van der Waals surface area contributed by atoms with Crippen LogP contribution in [0.15, 0.2) is 0 Å². The molecule has 0 unspecified atom stereocenters. The average Bonchev–Trinajstić information content (AvgIpc) is 2.31. The molecular formula is C13H40N6. The lowest BCUT2D eigenvalue weighted by Gasteiger charge is -2.20. The minimum Gasteiger partial charge on any atom is -0.301 e. The van der Waals surface area contributed by atoms with Crippen molar-refractivity contribution in [1.82, 2.24) is 5.32 Å². The van der Waals surface area contributed by atoms with Crippen LogP contribution in [0.5, 0.6) is 0 Å². The predicted octanol–water partition coefficient (Wildman–Crippen LogP) is 0.946. The van der Waals surface area contributed by atoms with Crippen LogP contribution in [-0.2, 0) is 0 Å². The van der Waals surface area contributed by atoms with Gasteiger partial charge in [0, 0.05) is 0 Å². The summed E-state index contributed by atoms with van der Waals surface area (Å²) in [5.74, 6) is -1.62. The maximum absolute atomic E-state index is 5.38. The van der Waals surface area contributed by atoms with E-state index in [0.717, 1.165) is 6.42 Å². The standard InChI is InChI=1S/C4H13N3.C3H11N3.2C3H8/c1-3-4(5,6)7-2;1-2-3(4,5)6;2*1-3-2/h7H,3,5-6H2,1-2H3;2,4-6H2,1H3;2*3H2,1-2H3. The summed E-state index contributed by atoms with van der Waals surface area (Å²) < 4.78 is 0. The maximum atomic E-state index is 5.38. The lowest BCUT2D eigenvalue weighted by molar-refractivity contribution is 0.364. The molecule has 0 fully saturated rings. The number of rotatable bonds is 3. The van der Waals surface area contributed by atoms with Crippen molar-refractivity contribution in [3.05, 3.63) is 0 Å². The molecule has 0 aliphatic rings. The lowest BCUT2D eigenvalue weighted by Crippen LogP contribution is -2.59. The fraction of sp³-hybridized carbons (Fsp3) is 1.00. The van der Waals surface area contributed by atoms with Gasteiger partial charge in [0.15, 0.2) is 0 Å². The molecule has 0 aromatic carbocycles. The van der Waals surface area contributed by atoms with Gasteiger partial charge in [0.05, 0.1) is 0 Å². The van der Waals surface area contributed by atoms with Crippen molar-refractivity contribution < 1.29 is 0 Å². The van der Waals surface area contributed by atoms with Crippen LogP contribution in [-0.4, -0.2) is 18.6 Å². The van der Waals surface area contributed by atoms with Crippen LogP contribution in [0.4, 0.5) is 0 Å². The summed E-state index contributed by atoms with van der Waals surface area (Å²) in [6, 6.07) is 0. The lowest BCUT2D eigenvalue weighted by atomic mass is 10.3. The van der Waals surface area contributed by atoms with E-state index in [4.69, 9.17) is 28.7 Å². The van der Waals surface area contributed by atoms with Crippen molar-refractivity contribution in [2.75, 3.05) is 7.05 Å². The van der Waals surface area contributed by atoms with Gasteiger partial charge in [-0.15, -0.1) is 0 Å². The van der Waals surface area contributed by atoms with E-state index in [1.165, 1.54) is 12.8 Å². The van der Waals surface area contributed by atoms with E-state index in [2.05, 4.69) is 33.0 Å². The molecule has 0 aliphatic carbocycles. The molecule has 0 saturated heterocycles. The molecule has 6 heteroatoms. The Balaban J connectivity index is -0.0000000851. The zero-order valence-corrected chi connectivity index (χ0v) is 14.2. The fourth-order valence-corrected chi connectivity index (χ4v) is 0.177. The van der Waals surface area contributed by atoms with Crippen LogP contribution in [0, 0.1) is 0 Å². The molecule has 0 bridgehead atoms. The second-order valence-corrected chi connectivity index (χ2v) is 4.52. The molecule has 0 aromatic rings. The van der Waals surface area contributed by atoms with Gasteiger partial charge in [-0.3, -0.25) is 5.32 Å². The summed E-state index contributed by atoms with van der Waals surface area (Å²) in [7, 11) is 1.74. The van der Waals surface area contributed by atoms with Crippen molar-refractivity contribution in [2.45, 2.75) is 78.8 Å². The second kappa shape index (κ2) is 17.8. The molecule has 11 N–H and O–H groups in total. The molecule has 0 rings (SSSR count). The van der Waals surface area contributed by atoms with Gasteiger partial charge >= 0.3 is 0 Å². The quantitative estimate of drug-likeness (QED) is 0.425. The van der Waals surface area contributed by atoms with Gasteiger partial charge in [-0.1, -0.05) is 54.4 Å². The topological polar surface area (TPSA) is 142 Å². The van der Waals surface area contributed by atoms with Crippen LogP contribution in [0.1, 0.15) is 67.2 Å². The number of nitrogens with one attached hydrogen (secondary N) is 1. The van der Waals surface area contributed by atoms with Gasteiger partial charge < -0.3 is 28.7 Å². The Morgan fingerprint density at radius 3 is 0.895 bits per heavy atom. The van der Waals surface area contributed by atoms with E-state index >= 15 is 0 Å². The summed E-state index contributed by atoms with van der Waals surface area (Å²) in [6.45, 7) is 12.3. The van der Waals surface area contributed by atoms with Crippen LogP contribution >= 0.6 is 0 Å². The Hall–Kier alpha value is -0.240. The first-order valence-corrected chi connectivity index (χ1v) is 7.14. The third-order valence-electron chi connectivity index (χ3n) is 1.66. The van der Waals surface area contributed by atoms with Crippen LogP contribution in [0.3, 0.4) is 0 Å². The molecule has 6 nitrogen and oxygen atoms in total. The molecule has 0 amide bonds. The molecule has 0 aromatic heterocycles. The van der Waals surface area contributed by atoms with E-state index in [0.29, 0.717) is 6.42 Å². The molecule has 122 valence electrons. The molecule has 0 heterocycles. The van der Waals surface area contributed by atoms with E-state index in [1.807, 2.05) is 13.8 Å². The third-order valence-corrected chi connectivity index (χ3v) is 1.66. The van der Waals surface area contributed by atoms with E-state index in [9.17, 15) is 0 Å². The first-order valence-electron chi connectivity index (χ1n) is 7.14. The first-order chi connectivity index (χ1) is 8.51. The number of nitrogens with two attached hydrogens (primary N) is 5. The van der Waals surface area contributed by atoms with Gasteiger partial charge in [0.25, 0.3) is 0 Å². The molecule has 0 aliphatic heterocycles. The minimum absolute atomic E-state index is 0.604. The van der Waals surface area contributed by atoms with Crippen LogP contribution in [0.2, 0.25) is 0 Å². The van der Waals surface area contributed by atoms with Gasteiger partial charge in [-0.05, 0) is 19.9 Å². The normalized spacial score (nSPS) is 10.1. The smallest absolute Gasteiger partial charge is 0.117 e. The van der Waals surface area contributed by atoms with Crippen LogP contribution in [0.25, 0.3) is 0 Å². The largest absolute Gasteiger partial charge is 0.301 e. The second-order valence-electron chi connectivity index (χ2n) is 4.52. The highest BCUT2D eigenvalue weighted by atomic mass is 15.2. The summed E-state index contributed by atoms with van der Waals surface area (Å²) in [6.07, 6.45) is 3.84. The Bertz CT molecular complexity index is 135. The zero-order valence-electron chi connectivity index (χ0n) is 14.2. The van der Waals surface area contributed by atoms with Crippen molar-refractivity contribution >= 4 is 0 Å². The SMILES string of the molecule is CCC.CCC.CCC(N)(N)N.CCC(N)(N)NC. The fourth-order valence-electron chi connectivity index (χ4n) is 0.177. The van der Waals surface area contributed by atoms with Crippen molar-refractivity contribution in [2.24, 2.45) is 28.7 Å². The monoisotopic (exact) mass is 280 g/mol. The number of hydrogen-bond donors (Lipinski definition) is 6. The van der Waals surface area contributed by atoms with Gasteiger partial charge in [-0.2, -0.15) is 0 Å². The number of hydrogen-bond acceptors (Lipinski definition) is 6. The van der Waals surface area contributed by atoms with E-state index in [1.54, 1.807) is 7.05 Å². The highest BCUT2D eigenvalue weighted by Gasteiger charge is 2.09. The minimum atomic E-state index is -0.958. The van der Waals surface area contributed by atoms with E-state index < -0.39 is 11.6 Å². The van der Waals surface area contributed by atoms with Gasteiger partial charge in [-0.25, -0.2) is 0 Å². The zero-order chi connectivity index (χ0) is 16.5. The molecule has 19 heavy (non-hydrogen) atoms. The average molecular weight is 281 g/mol. The summed E-state index contributed by atoms with van der Waals surface area (Å²) in [5.41, 5.74) is 26.0. The highest BCUT2D eigenvalue weighted by molar-refractivity contribution is 4.67. The summed E-state index contributed by atoms with van der Waals surface area (Å²) in [5, 5.41) is 2.75. The van der Waals surface area contributed by atoms with E-state index in [-0.39, 0.29) is 0 Å². The highest BCUT2D eigenvalue weighted by Crippen LogP contribution is 1.86. The Kier molecular flexibility index (Phi) is 25.4. The van der Waals surface area contributed by atoms with Crippen molar-refractivity contribution in [3.8, 4) is 0 Å². The van der Waals surface area contributed by atoms with Gasteiger partial charge in [0.1, 0.15) is 11.6 Å². The molecule has 0 spiro atoms. The molecule has 0 radical (unpaired) electrons. The van der Waals surface area contributed by atoms with Gasteiger partial charge in [0.2, 0.25) is 0 Å². The molecule has 0 atom stereocenters. The Morgan fingerprint density at radius 1 is 0.684 bits per heavy atom. The Morgan fingerprint density at radius 2 is 0.895 bits per heavy atom. The Labute approximate surface area is 120 Å². The third kappa shape index (κ3) is 57.5. The predicted molar refractivity (Wildman–Crippen MR) is 88.0 cm³/mol. The molecule has 0 saturated carbocycles. The van der Waals surface area contributed by atoms with Crippen molar-refractivity contribution in [1.29, 1.82) is 0 Å².